The minimum Gasteiger partial charge on any atom is -0.326 e. The number of rotatable bonds is 4. The van der Waals surface area contributed by atoms with Crippen LogP contribution in [0.5, 0.6) is 0 Å². The summed E-state index contributed by atoms with van der Waals surface area (Å²) in [5, 5.41) is 0. The van der Waals surface area contributed by atoms with Gasteiger partial charge in [-0.3, -0.25) is 0 Å². The second kappa shape index (κ2) is 7.02. The molecule has 3 saturated heterocycles. The van der Waals surface area contributed by atoms with E-state index in [1.165, 1.54) is 0 Å². The average molecular weight is 285 g/mol. The van der Waals surface area contributed by atoms with Crippen LogP contribution in [0.4, 0.5) is 0 Å². The molecule has 3 heterocycles. The van der Waals surface area contributed by atoms with Gasteiger partial charge in [0.05, 0.1) is 13.2 Å². The van der Waals surface area contributed by atoms with Crippen molar-refractivity contribution < 1.29 is 9.47 Å². The van der Waals surface area contributed by atoms with Crippen LogP contribution in [-0.2, 0) is 9.47 Å². The van der Waals surface area contributed by atoms with Gasteiger partial charge in [-0.25, -0.2) is 4.90 Å². The molecule has 0 unspecified atom stereocenters. The first-order chi connectivity index (χ1) is 10.2. The Morgan fingerprint density at radius 3 is 2.38 bits per heavy atom. The van der Waals surface area contributed by atoms with Crippen molar-refractivity contribution in [3.05, 3.63) is 0 Å². The Hall–Kier alpha value is -1.44. The minimum atomic E-state index is -0.902. The Bertz CT molecular complexity index is 539. The first kappa shape index (κ1) is 15.9. The molecule has 0 atom stereocenters. The van der Waals surface area contributed by atoms with Crippen molar-refractivity contribution >= 4 is 0 Å². The quantitative estimate of drug-likeness (QED) is 0.739. The van der Waals surface area contributed by atoms with Gasteiger partial charge in [0, 0.05) is 18.5 Å². The van der Waals surface area contributed by atoms with Crippen LogP contribution in [0, 0.1) is 40.9 Å². The maximum absolute atomic E-state index is 6.00. The Morgan fingerprint density at radius 1 is 1.05 bits per heavy atom. The normalized spacial score (nSPS) is 30.4. The van der Waals surface area contributed by atoms with E-state index in [2.05, 4.69) is 54.3 Å². The van der Waals surface area contributed by atoms with E-state index in [0.29, 0.717) is 13.2 Å². The topological polar surface area (TPSA) is 21.7 Å². The molecule has 3 rings (SSSR count). The first-order valence-electron chi connectivity index (χ1n) is 7.67. The zero-order valence-corrected chi connectivity index (χ0v) is 13.2. The fourth-order valence-electron chi connectivity index (χ4n) is 2.65. The van der Waals surface area contributed by atoms with E-state index < -0.39 is 5.91 Å². The molecule has 3 heteroatoms. The fraction of sp³-hybridized carbons (Fsp3) is 0.667. The van der Waals surface area contributed by atoms with E-state index in [1.807, 2.05) is 0 Å². The number of unbranched alkanes of at least 4 members (excludes halogenated alkanes) is 1. The van der Waals surface area contributed by atoms with Crippen molar-refractivity contribution in [2.75, 3.05) is 26.3 Å². The maximum atomic E-state index is 6.00. The van der Waals surface area contributed by atoms with Gasteiger partial charge in [0.1, 0.15) is 0 Å². The zero-order chi connectivity index (χ0) is 15.2. The van der Waals surface area contributed by atoms with Gasteiger partial charge in [-0.1, -0.05) is 26.2 Å². The predicted molar refractivity (Wildman–Crippen MR) is 82.8 cm³/mol. The highest BCUT2D eigenvalue weighted by atomic mass is 16.7. The maximum Gasteiger partial charge on any atom is 0.299 e. The number of hydrogen-bond donors (Lipinski definition) is 0. The van der Waals surface area contributed by atoms with Crippen molar-refractivity contribution in [2.45, 2.75) is 45.9 Å². The summed E-state index contributed by atoms with van der Waals surface area (Å²) in [5.41, 5.74) is 0.122. The fourth-order valence-corrected chi connectivity index (χ4v) is 2.65. The first-order valence-corrected chi connectivity index (χ1v) is 7.67. The minimum absolute atomic E-state index is 0.122. The molecular formula is C18H23NO2. The molecule has 3 aliphatic rings. The summed E-state index contributed by atoms with van der Waals surface area (Å²) < 4.78 is 12.0. The smallest absolute Gasteiger partial charge is 0.299 e. The summed E-state index contributed by atoms with van der Waals surface area (Å²) in [7, 11) is 0. The second-order valence-electron chi connectivity index (χ2n) is 5.66. The second-order valence-corrected chi connectivity index (χ2v) is 5.66. The standard InChI is InChI=1S/C18H23NO2/c1-4-7-9-10-11-12-18-19(13-8-5-2)14-17(6-3,15-20-18)16-21-18/h5-6,8,13-16H2,1-3H3. The molecule has 3 aliphatic heterocycles. The van der Waals surface area contributed by atoms with E-state index in [-0.39, 0.29) is 5.41 Å². The van der Waals surface area contributed by atoms with E-state index in [1.54, 1.807) is 6.92 Å². The van der Waals surface area contributed by atoms with Gasteiger partial charge in [-0.2, -0.15) is 0 Å². The lowest BCUT2D eigenvalue weighted by molar-refractivity contribution is -0.380. The molecule has 0 radical (unpaired) electrons. The Balaban J connectivity index is 2.18. The van der Waals surface area contributed by atoms with Crippen LogP contribution in [0.15, 0.2) is 0 Å². The predicted octanol–water partition coefficient (Wildman–Crippen LogP) is 2.23. The van der Waals surface area contributed by atoms with Crippen LogP contribution in [0.1, 0.15) is 40.0 Å². The van der Waals surface area contributed by atoms with Crippen molar-refractivity contribution in [3.63, 3.8) is 0 Å². The average Bonchev–Trinajstić information content (AvgIpc) is 2.54. The van der Waals surface area contributed by atoms with E-state index >= 15 is 0 Å². The summed E-state index contributed by atoms with van der Waals surface area (Å²) in [6, 6.07) is 0. The van der Waals surface area contributed by atoms with Gasteiger partial charge in [0.25, 0.3) is 5.91 Å². The highest BCUT2D eigenvalue weighted by molar-refractivity contribution is 5.36. The molecule has 3 fully saturated rings. The number of hydrogen-bond acceptors (Lipinski definition) is 3. The molecule has 0 aliphatic carbocycles. The number of nitrogens with zero attached hydrogens (tertiary/aromatic N) is 1. The monoisotopic (exact) mass is 285 g/mol. The van der Waals surface area contributed by atoms with Gasteiger partial charge in [0.2, 0.25) is 0 Å². The lowest BCUT2D eigenvalue weighted by Gasteiger charge is -2.56. The van der Waals surface area contributed by atoms with Crippen LogP contribution >= 0.6 is 0 Å². The summed E-state index contributed by atoms with van der Waals surface area (Å²) in [4.78, 5) is 2.23. The molecule has 3 nitrogen and oxygen atoms in total. The van der Waals surface area contributed by atoms with Crippen molar-refractivity contribution in [1.29, 1.82) is 0 Å². The van der Waals surface area contributed by atoms with Crippen molar-refractivity contribution in [1.82, 2.24) is 4.90 Å². The van der Waals surface area contributed by atoms with Gasteiger partial charge in [-0.05, 0) is 49.4 Å². The highest BCUT2D eigenvalue weighted by Gasteiger charge is 2.54. The summed E-state index contributed by atoms with van der Waals surface area (Å²) in [6.45, 7) is 9.49. The third-order valence-corrected chi connectivity index (χ3v) is 4.16. The van der Waals surface area contributed by atoms with E-state index in [9.17, 15) is 0 Å². The molecule has 21 heavy (non-hydrogen) atoms. The lowest BCUT2D eigenvalue weighted by Crippen LogP contribution is -2.68. The molecule has 0 aromatic carbocycles. The SMILES string of the molecule is CC#CC#CC#CC12OCC(CC)(CO1)CN2CCCC. The largest absolute Gasteiger partial charge is 0.326 e. The molecule has 0 aromatic rings. The molecule has 0 saturated carbocycles. The molecular weight excluding hydrogens is 262 g/mol. The molecule has 0 amide bonds. The van der Waals surface area contributed by atoms with Crippen molar-refractivity contribution in [3.8, 4) is 35.5 Å². The summed E-state index contributed by atoms with van der Waals surface area (Å²) >= 11 is 0. The number of ether oxygens (including phenoxy) is 2. The van der Waals surface area contributed by atoms with E-state index in [0.717, 1.165) is 32.4 Å². The van der Waals surface area contributed by atoms with Gasteiger partial charge in [0.15, 0.2) is 0 Å². The lowest BCUT2D eigenvalue weighted by atomic mass is 9.83. The third-order valence-electron chi connectivity index (χ3n) is 4.16. The molecule has 0 aromatic heterocycles. The Kier molecular flexibility index (Phi) is 5.33. The van der Waals surface area contributed by atoms with Crippen LogP contribution < -0.4 is 0 Å². The van der Waals surface area contributed by atoms with Gasteiger partial charge in [-0.15, -0.1) is 0 Å². The van der Waals surface area contributed by atoms with E-state index in [4.69, 9.17) is 9.47 Å². The van der Waals surface area contributed by atoms with Gasteiger partial charge < -0.3 is 9.47 Å². The van der Waals surface area contributed by atoms with Gasteiger partial charge >= 0.3 is 0 Å². The van der Waals surface area contributed by atoms with Crippen LogP contribution in [0.25, 0.3) is 0 Å². The molecule has 112 valence electrons. The molecule has 0 spiro atoms. The molecule has 2 bridgehead atoms. The molecule has 0 N–H and O–H groups in total. The van der Waals surface area contributed by atoms with Crippen LogP contribution in [-0.4, -0.2) is 37.1 Å². The number of fused-ring (bicyclic) bond motifs is 3. The summed E-state index contributed by atoms with van der Waals surface area (Å²) in [6.07, 6.45) is 3.32. The highest BCUT2D eigenvalue weighted by Crippen LogP contribution is 2.42. The van der Waals surface area contributed by atoms with Crippen LogP contribution in [0.3, 0.4) is 0 Å². The zero-order valence-electron chi connectivity index (χ0n) is 13.2. The Labute approximate surface area is 128 Å². The van der Waals surface area contributed by atoms with Crippen molar-refractivity contribution in [2.24, 2.45) is 5.41 Å². The summed E-state index contributed by atoms with van der Waals surface area (Å²) in [5.74, 6) is 15.8. The Morgan fingerprint density at radius 2 is 1.76 bits per heavy atom. The third kappa shape index (κ3) is 3.42. The van der Waals surface area contributed by atoms with Crippen LogP contribution in [0.2, 0.25) is 0 Å².